The van der Waals surface area contributed by atoms with E-state index in [1.165, 1.54) is 5.56 Å². The number of para-hydroxylation sites is 1. The maximum atomic E-state index is 9.54. The molecule has 0 bridgehead atoms. The van der Waals surface area contributed by atoms with Gasteiger partial charge in [0.2, 0.25) is 0 Å². The molecule has 0 aliphatic rings. The zero-order valence-electron chi connectivity index (χ0n) is 9.58. The van der Waals surface area contributed by atoms with Gasteiger partial charge in [-0.3, -0.25) is 4.99 Å². The van der Waals surface area contributed by atoms with Gasteiger partial charge in [-0.2, -0.15) is 0 Å². The average molecular weight is 225 g/mol. The lowest BCUT2D eigenvalue weighted by Gasteiger charge is -1.98. The second-order valence-electron chi connectivity index (χ2n) is 3.83. The Kier molecular flexibility index (Phi) is 3.92. The van der Waals surface area contributed by atoms with Gasteiger partial charge < -0.3 is 5.11 Å². The van der Waals surface area contributed by atoms with E-state index in [0.717, 1.165) is 18.5 Å². The van der Waals surface area contributed by atoms with Crippen LogP contribution in [0.25, 0.3) is 0 Å². The molecule has 0 heterocycles. The smallest absolute Gasteiger partial charge is 0.124 e. The molecule has 0 saturated carbocycles. The summed E-state index contributed by atoms with van der Waals surface area (Å²) in [6.07, 6.45) is 2.64. The number of phenolic OH excluding ortho intramolecular Hbond substituents is 1. The summed E-state index contributed by atoms with van der Waals surface area (Å²) in [6.45, 7) is 0.734. The van der Waals surface area contributed by atoms with E-state index in [0.29, 0.717) is 0 Å². The molecule has 0 unspecified atom stereocenters. The third kappa shape index (κ3) is 3.45. The second-order valence-corrected chi connectivity index (χ2v) is 3.83. The molecule has 2 nitrogen and oxygen atoms in total. The van der Waals surface area contributed by atoms with E-state index in [4.69, 9.17) is 0 Å². The van der Waals surface area contributed by atoms with E-state index in [-0.39, 0.29) is 5.75 Å². The fraction of sp³-hybridized carbons (Fsp3) is 0.133. The lowest BCUT2D eigenvalue weighted by Crippen LogP contribution is -1.90. The van der Waals surface area contributed by atoms with Crippen molar-refractivity contribution in [3.05, 3.63) is 65.7 Å². The van der Waals surface area contributed by atoms with Crippen molar-refractivity contribution in [1.82, 2.24) is 0 Å². The summed E-state index contributed by atoms with van der Waals surface area (Å²) in [5, 5.41) is 9.54. The predicted molar refractivity (Wildman–Crippen MR) is 70.7 cm³/mol. The highest BCUT2D eigenvalue weighted by atomic mass is 16.3. The van der Waals surface area contributed by atoms with E-state index in [1.54, 1.807) is 18.3 Å². The molecule has 0 aliphatic heterocycles. The van der Waals surface area contributed by atoms with Crippen LogP contribution < -0.4 is 0 Å². The largest absolute Gasteiger partial charge is 0.507 e. The third-order valence-corrected chi connectivity index (χ3v) is 2.54. The van der Waals surface area contributed by atoms with Gasteiger partial charge in [-0.1, -0.05) is 42.5 Å². The monoisotopic (exact) mass is 225 g/mol. The minimum absolute atomic E-state index is 0.274. The van der Waals surface area contributed by atoms with E-state index in [2.05, 4.69) is 17.1 Å². The Bertz CT molecular complexity index is 491. The minimum atomic E-state index is 0.274. The van der Waals surface area contributed by atoms with Gasteiger partial charge in [0.15, 0.2) is 0 Å². The van der Waals surface area contributed by atoms with Crippen molar-refractivity contribution in [3.8, 4) is 5.75 Å². The molecule has 0 amide bonds. The van der Waals surface area contributed by atoms with E-state index in [9.17, 15) is 5.11 Å². The average Bonchev–Trinajstić information content (AvgIpc) is 2.38. The molecular weight excluding hydrogens is 210 g/mol. The zero-order valence-corrected chi connectivity index (χ0v) is 9.58. The van der Waals surface area contributed by atoms with Crippen LogP contribution in [-0.4, -0.2) is 17.9 Å². The highest BCUT2D eigenvalue weighted by molar-refractivity contribution is 5.83. The molecule has 86 valence electrons. The number of hydrogen-bond acceptors (Lipinski definition) is 2. The Hall–Kier alpha value is -2.09. The highest BCUT2D eigenvalue weighted by Gasteiger charge is 1.94. The highest BCUT2D eigenvalue weighted by Crippen LogP contribution is 2.12. The van der Waals surface area contributed by atoms with Crippen molar-refractivity contribution in [2.45, 2.75) is 6.42 Å². The van der Waals surface area contributed by atoms with Gasteiger partial charge in [0.25, 0.3) is 0 Å². The first kappa shape index (κ1) is 11.4. The van der Waals surface area contributed by atoms with Gasteiger partial charge in [-0.15, -0.1) is 0 Å². The van der Waals surface area contributed by atoms with Gasteiger partial charge in [0, 0.05) is 18.3 Å². The van der Waals surface area contributed by atoms with E-state index in [1.807, 2.05) is 30.3 Å². The number of aromatic hydroxyl groups is 1. The molecule has 2 aromatic rings. The molecule has 2 heteroatoms. The van der Waals surface area contributed by atoms with Crippen LogP contribution in [0.2, 0.25) is 0 Å². The van der Waals surface area contributed by atoms with Crippen LogP contribution in [-0.2, 0) is 6.42 Å². The van der Waals surface area contributed by atoms with Crippen LogP contribution in [0.1, 0.15) is 11.1 Å². The van der Waals surface area contributed by atoms with Gasteiger partial charge in [0.1, 0.15) is 5.75 Å². The fourth-order valence-corrected chi connectivity index (χ4v) is 1.60. The Morgan fingerprint density at radius 1 is 0.941 bits per heavy atom. The molecular formula is C15H15NO. The Morgan fingerprint density at radius 3 is 2.41 bits per heavy atom. The standard InChI is InChI=1S/C15H15NO/c17-15-9-5-4-8-14(15)12-16-11-10-13-6-2-1-3-7-13/h1-9,12,17H,10-11H2. The van der Waals surface area contributed by atoms with Crippen molar-refractivity contribution in [2.24, 2.45) is 4.99 Å². The van der Waals surface area contributed by atoms with Crippen molar-refractivity contribution in [1.29, 1.82) is 0 Å². The number of benzene rings is 2. The van der Waals surface area contributed by atoms with Crippen LogP contribution in [0.5, 0.6) is 5.75 Å². The molecule has 0 spiro atoms. The molecule has 1 N–H and O–H groups in total. The summed E-state index contributed by atoms with van der Waals surface area (Å²) in [6, 6.07) is 17.5. The number of aliphatic imine (C=N–C) groups is 1. The Balaban J connectivity index is 1.89. The number of rotatable bonds is 4. The normalized spacial score (nSPS) is 10.8. The number of phenols is 1. The molecule has 0 radical (unpaired) electrons. The number of hydrogen-bond donors (Lipinski definition) is 1. The lowest BCUT2D eigenvalue weighted by atomic mass is 10.1. The van der Waals surface area contributed by atoms with Crippen molar-refractivity contribution < 1.29 is 5.11 Å². The molecule has 17 heavy (non-hydrogen) atoms. The SMILES string of the molecule is Oc1ccccc1C=NCCc1ccccc1. The molecule has 0 aromatic heterocycles. The maximum Gasteiger partial charge on any atom is 0.124 e. The zero-order chi connectivity index (χ0) is 11.9. The van der Waals surface area contributed by atoms with Crippen LogP contribution >= 0.6 is 0 Å². The van der Waals surface area contributed by atoms with Gasteiger partial charge in [-0.25, -0.2) is 0 Å². The van der Waals surface area contributed by atoms with Crippen LogP contribution in [0.4, 0.5) is 0 Å². The molecule has 2 rings (SSSR count). The Labute approximate surface area is 101 Å². The molecule has 0 saturated heterocycles. The summed E-state index contributed by atoms with van der Waals surface area (Å²) < 4.78 is 0. The minimum Gasteiger partial charge on any atom is -0.507 e. The predicted octanol–water partition coefficient (Wildman–Crippen LogP) is 3.05. The molecule has 0 fully saturated rings. The van der Waals surface area contributed by atoms with E-state index >= 15 is 0 Å². The van der Waals surface area contributed by atoms with Gasteiger partial charge >= 0.3 is 0 Å². The summed E-state index contributed by atoms with van der Waals surface area (Å²) in [5.41, 5.74) is 2.04. The first-order valence-corrected chi connectivity index (χ1v) is 5.68. The summed E-state index contributed by atoms with van der Waals surface area (Å²) in [5.74, 6) is 0.274. The third-order valence-electron chi connectivity index (χ3n) is 2.54. The topological polar surface area (TPSA) is 32.6 Å². The Morgan fingerprint density at radius 2 is 1.65 bits per heavy atom. The van der Waals surface area contributed by atoms with Crippen molar-refractivity contribution >= 4 is 6.21 Å². The lowest BCUT2D eigenvalue weighted by molar-refractivity contribution is 0.474. The maximum absolute atomic E-state index is 9.54. The van der Waals surface area contributed by atoms with Crippen molar-refractivity contribution in [3.63, 3.8) is 0 Å². The second kappa shape index (κ2) is 5.85. The summed E-state index contributed by atoms with van der Waals surface area (Å²) in [7, 11) is 0. The quantitative estimate of drug-likeness (QED) is 0.797. The number of nitrogens with zero attached hydrogens (tertiary/aromatic N) is 1. The van der Waals surface area contributed by atoms with E-state index < -0.39 is 0 Å². The van der Waals surface area contributed by atoms with Gasteiger partial charge in [-0.05, 0) is 24.1 Å². The molecule has 0 atom stereocenters. The van der Waals surface area contributed by atoms with Crippen LogP contribution in [0, 0.1) is 0 Å². The summed E-state index contributed by atoms with van der Waals surface area (Å²) >= 11 is 0. The summed E-state index contributed by atoms with van der Waals surface area (Å²) in [4.78, 5) is 4.31. The van der Waals surface area contributed by atoms with Crippen LogP contribution in [0.15, 0.2) is 59.6 Å². The van der Waals surface area contributed by atoms with Gasteiger partial charge in [0.05, 0.1) is 0 Å². The molecule has 0 aliphatic carbocycles. The fourth-order valence-electron chi connectivity index (χ4n) is 1.60. The van der Waals surface area contributed by atoms with Crippen LogP contribution in [0.3, 0.4) is 0 Å². The van der Waals surface area contributed by atoms with Crippen molar-refractivity contribution in [2.75, 3.05) is 6.54 Å². The first-order chi connectivity index (χ1) is 8.36. The molecule has 2 aromatic carbocycles. The first-order valence-electron chi connectivity index (χ1n) is 5.68.